The highest BCUT2D eigenvalue weighted by molar-refractivity contribution is 6.68. The smallest absolute Gasteiger partial charge is 0.150 e. The van der Waals surface area contributed by atoms with Gasteiger partial charge in [0.2, 0.25) is 0 Å². The lowest BCUT2D eigenvalue weighted by Gasteiger charge is -2.24. The van der Waals surface area contributed by atoms with Crippen molar-refractivity contribution in [3.05, 3.63) is 35.7 Å². The summed E-state index contributed by atoms with van der Waals surface area (Å²) in [6.07, 6.45) is 8.83. The average Bonchev–Trinajstić information content (AvgIpc) is 2.04. The van der Waals surface area contributed by atoms with Crippen LogP contribution in [0.5, 0.6) is 0 Å². The third-order valence-corrected chi connectivity index (χ3v) is 2.14. The molecule has 0 fully saturated rings. The van der Waals surface area contributed by atoms with Crippen molar-refractivity contribution in [2.24, 2.45) is 5.10 Å². The predicted octanol–water partition coefficient (Wildman–Crippen LogP) is 2.60. The van der Waals surface area contributed by atoms with Gasteiger partial charge in [-0.05, 0) is 31.1 Å². The second-order valence-corrected chi connectivity index (χ2v) is 3.24. The maximum Gasteiger partial charge on any atom is 0.150 e. The van der Waals surface area contributed by atoms with E-state index < -0.39 is 0 Å². The fourth-order valence-electron chi connectivity index (χ4n) is 1.30. The first-order chi connectivity index (χ1) is 5.77. The summed E-state index contributed by atoms with van der Waals surface area (Å²) in [5, 5.41) is 6.47. The lowest BCUT2D eigenvalue weighted by atomic mass is 10.1. The molecule has 0 aromatic heterocycles. The van der Waals surface area contributed by atoms with Gasteiger partial charge in [-0.15, -0.1) is 0 Å². The lowest BCUT2D eigenvalue weighted by Crippen LogP contribution is -2.16. The molecule has 0 aromatic carbocycles. The summed E-state index contributed by atoms with van der Waals surface area (Å²) in [4.78, 5) is 0. The Balaban J connectivity index is 2.40. The molecule has 0 amide bonds. The molecule has 0 unspecified atom stereocenters. The molecule has 2 nitrogen and oxygen atoms in total. The molecule has 0 aromatic rings. The summed E-state index contributed by atoms with van der Waals surface area (Å²) in [5.74, 6) is 0. The summed E-state index contributed by atoms with van der Waals surface area (Å²) in [5.41, 5.74) is 2.46. The number of halogens is 1. The van der Waals surface area contributed by atoms with Crippen molar-refractivity contribution in [1.82, 2.24) is 5.01 Å². The van der Waals surface area contributed by atoms with Crippen LogP contribution in [0.4, 0.5) is 0 Å². The van der Waals surface area contributed by atoms with Crippen LogP contribution in [0.2, 0.25) is 0 Å². The number of nitrogens with zero attached hydrogens (tertiary/aromatic N) is 2. The molecule has 12 heavy (non-hydrogen) atoms. The lowest BCUT2D eigenvalue weighted by molar-refractivity contribution is 0.494. The highest BCUT2D eigenvalue weighted by atomic mass is 35.5. The highest BCUT2D eigenvalue weighted by Crippen LogP contribution is 2.24. The number of hydrazone groups is 1. The van der Waals surface area contributed by atoms with Gasteiger partial charge in [0.1, 0.15) is 5.17 Å². The standard InChI is InChI=1S/C9H9ClN2/c1-7-3-2-6-12-8(7)4-5-9(10)11-12/h2,4-6H,3H2,1H3. The average molecular weight is 181 g/mol. The zero-order chi connectivity index (χ0) is 8.55. The molecule has 0 N–H and O–H groups in total. The number of fused-ring (bicyclic) bond motifs is 1. The van der Waals surface area contributed by atoms with E-state index >= 15 is 0 Å². The number of rotatable bonds is 0. The Morgan fingerprint density at radius 3 is 3.17 bits per heavy atom. The molecule has 0 aliphatic carbocycles. The molecular formula is C9H9ClN2. The van der Waals surface area contributed by atoms with Crippen LogP contribution in [0.15, 0.2) is 40.8 Å². The van der Waals surface area contributed by atoms with Gasteiger partial charge in [0.05, 0.1) is 5.70 Å². The van der Waals surface area contributed by atoms with Crippen molar-refractivity contribution in [2.75, 3.05) is 0 Å². The van der Waals surface area contributed by atoms with Crippen LogP contribution in [-0.4, -0.2) is 10.2 Å². The van der Waals surface area contributed by atoms with Gasteiger partial charge in [-0.1, -0.05) is 17.7 Å². The minimum absolute atomic E-state index is 0.526. The maximum atomic E-state index is 5.75. The monoisotopic (exact) mass is 180 g/mol. The second kappa shape index (κ2) is 2.79. The molecule has 2 aliphatic rings. The Bertz CT molecular complexity index is 323. The number of hydrogen-bond donors (Lipinski definition) is 0. The van der Waals surface area contributed by atoms with E-state index in [4.69, 9.17) is 11.6 Å². The van der Waals surface area contributed by atoms with E-state index in [9.17, 15) is 0 Å². The maximum absolute atomic E-state index is 5.75. The van der Waals surface area contributed by atoms with Gasteiger partial charge < -0.3 is 0 Å². The van der Waals surface area contributed by atoms with Crippen molar-refractivity contribution in [3.8, 4) is 0 Å². The number of hydrogen-bond acceptors (Lipinski definition) is 2. The van der Waals surface area contributed by atoms with E-state index in [1.807, 2.05) is 18.4 Å². The first-order valence-electron chi connectivity index (χ1n) is 3.85. The fraction of sp³-hybridized carbons (Fsp3) is 0.222. The molecule has 0 atom stereocenters. The Hall–Kier alpha value is -1.02. The quantitative estimate of drug-likeness (QED) is 0.560. The summed E-state index contributed by atoms with van der Waals surface area (Å²) in [7, 11) is 0. The summed E-state index contributed by atoms with van der Waals surface area (Å²) < 4.78 is 0. The normalized spacial score (nSPS) is 21.2. The Labute approximate surface area is 76.5 Å². The number of allylic oxidation sites excluding steroid dienone is 4. The van der Waals surface area contributed by atoms with Crippen LogP contribution < -0.4 is 0 Å². The minimum Gasteiger partial charge on any atom is -0.240 e. The third kappa shape index (κ3) is 1.18. The van der Waals surface area contributed by atoms with Gasteiger partial charge in [0.15, 0.2) is 0 Å². The summed E-state index contributed by atoms with van der Waals surface area (Å²) in [6, 6.07) is 0. The van der Waals surface area contributed by atoms with Crippen LogP contribution in [0, 0.1) is 0 Å². The molecule has 0 bridgehead atoms. The predicted molar refractivity (Wildman–Crippen MR) is 50.7 cm³/mol. The van der Waals surface area contributed by atoms with E-state index in [0.29, 0.717) is 5.17 Å². The minimum atomic E-state index is 0.526. The second-order valence-electron chi connectivity index (χ2n) is 2.86. The molecule has 3 heteroatoms. The molecule has 0 radical (unpaired) electrons. The summed E-state index contributed by atoms with van der Waals surface area (Å²) in [6.45, 7) is 2.10. The zero-order valence-corrected chi connectivity index (χ0v) is 7.54. The van der Waals surface area contributed by atoms with E-state index in [2.05, 4.69) is 18.1 Å². The van der Waals surface area contributed by atoms with E-state index in [-0.39, 0.29) is 0 Å². The van der Waals surface area contributed by atoms with Crippen molar-refractivity contribution in [2.45, 2.75) is 13.3 Å². The zero-order valence-electron chi connectivity index (χ0n) is 6.79. The first-order valence-corrected chi connectivity index (χ1v) is 4.23. The largest absolute Gasteiger partial charge is 0.240 e. The molecule has 0 saturated carbocycles. The molecule has 2 rings (SSSR count). The van der Waals surface area contributed by atoms with Gasteiger partial charge in [-0.2, -0.15) is 5.10 Å². The first kappa shape index (κ1) is 7.62. The van der Waals surface area contributed by atoms with E-state index in [0.717, 1.165) is 12.1 Å². The van der Waals surface area contributed by atoms with E-state index in [1.54, 1.807) is 5.01 Å². The SMILES string of the molecule is CC1=C2C=CC(Cl)=NN2C=CC1. The van der Waals surface area contributed by atoms with Crippen molar-refractivity contribution < 1.29 is 0 Å². The molecule has 62 valence electrons. The third-order valence-electron chi connectivity index (χ3n) is 1.94. The Morgan fingerprint density at radius 2 is 2.33 bits per heavy atom. The molecular weight excluding hydrogens is 172 g/mol. The van der Waals surface area contributed by atoms with Crippen LogP contribution in [-0.2, 0) is 0 Å². The Morgan fingerprint density at radius 1 is 1.50 bits per heavy atom. The van der Waals surface area contributed by atoms with Crippen molar-refractivity contribution >= 4 is 16.8 Å². The van der Waals surface area contributed by atoms with Crippen LogP contribution in [0.25, 0.3) is 0 Å². The molecule has 0 saturated heterocycles. The van der Waals surface area contributed by atoms with Crippen molar-refractivity contribution in [3.63, 3.8) is 0 Å². The van der Waals surface area contributed by atoms with Gasteiger partial charge in [0, 0.05) is 6.20 Å². The van der Waals surface area contributed by atoms with Crippen molar-refractivity contribution in [1.29, 1.82) is 0 Å². The molecule has 0 spiro atoms. The topological polar surface area (TPSA) is 15.6 Å². The highest BCUT2D eigenvalue weighted by Gasteiger charge is 2.13. The fourth-order valence-corrected chi connectivity index (χ4v) is 1.44. The van der Waals surface area contributed by atoms with Crippen LogP contribution in [0.1, 0.15) is 13.3 Å². The van der Waals surface area contributed by atoms with Gasteiger partial charge >= 0.3 is 0 Å². The summed E-state index contributed by atoms with van der Waals surface area (Å²) >= 11 is 5.75. The van der Waals surface area contributed by atoms with Gasteiger partial charge in [-0.25, -0.2) is 5.01 Å². The van der Waals surface area contributed by atoms with Gasteiger partial charge in [-0.3, -0.25) is 0 Å². The Kier molecular flexibility index (Phi) is 1.77. The van der Waals surface area contributed by atoms with Crippen LogP contribution in [0.3, 0.4) is 0 Å². The van der Waals surface area contributed by atoms with Gasteiger partial charge in [0.25, 0.3) is 0 Å². The van der Waals surface area contributed by atoms with Crippen LogP contribution >= 0.6 is 11.6 Å². The molecule has 2 heterocycles. The van der Waals surface area contributed by atoms with E-state index in [1.165, 1.54) is 5.57 Å². The molecule has 2 aliphatic heterocycles.